The standard InChI is InChI=1S/C20H26N4O4S/c1-14-9-16(14)13-24(7-8-28-3)19-11-15(20(25)26)10-18(22-19)23(2)29(27)17-5-4-6-21-12-17/h4-6,10-12,14,16H,7-9,13H2,1-3H3,(H,25,26). The van der Waals surface area contributed by atoms with Gasteiger partial charge in [0, 0.05) is 39.6 Å². The Bertz CT molecular complexity index is 880. The summed E-state index contributed by atoms with van der Waals surface area (Å²) in [5.74, 6) is 1.04. The highest BCUT2D eigenvalue weighted by atomic mass is 32.2. The summed E-state index contributed by atoms with van der Waals surface area (Å²) < 4.78 is 19.6. The molecule has 3 rings (SSSR count). The monoisotopic (exact) mass is 418 g/mol. The second kappa shape index (κ2) is 9.32. The van der Waals surface area contributed by atoms with E-state index in [9.17, 15) is 14.1 Å². The van der Waals surface area contributed by atoms with Crippen molar-refractivity contribution in [3.8, 4) is 0 Å². The Hall–Kier alpha value is -2.52. The molecule has 0 aromatic carbocycles. The van der Waals surface area contributed by atoms with Crippen molar-refractivity contribution in [2.24, 2.45) is 11.8 Å². The van der Waals surface area contributed by atoms with Crippen LogP contribution in [0.15, 0.2) is 41.6 Å². The van der Waals surface area contributed by atoms with Gasteiger partial charge in [0.05, 0.1) is 17.1 Å². The number of carboxylic acids is 1. The van der Waals surface area contributed by atoms with E-state index in [-0.39, 0.29) is 5.56 Å². The van der Waals surface area contributed by atoms with Crippen molar-refractivity contribution in [1.29, 1.82) is 0 Å². The van der Waals surface area contributed by atoms with E-state index < -0.39 is 17.0 Å². The van der Waals surface area contributed by atoms with Crippen molar-refractivity contribution in [2.45, 2.75) is 18.2 Å². The van der Waals surface area contributed by atoms with Gasteiger partial charge in [0.2, 0.25) is 0 Å². The summed E-state index contributed by atoms with van der Waals surface area (Å²) in [6.45, 7) is 4.10. The minimum Gasteiger partial charge on any atom is -0.478 e. The summed E-state index contributed by atoms with van der Waals surface area (Å²) in [5, 5.41) is 9.59. The van der Waals surface area contributed by atoms with Gasteiger partial charge in [-0.1, -0.05) is 6.92 Å². The molecule has 0 bridgehead atoms. The highest BCUT2D eigenvalue weighted by Crippen LogP contribution is 2.39. The van der Waals surface area contributed by atoms with Crippen LogP contribution in [0.4, 0.5) is 11.6 Å². The predicted molar refractivity (Wildman–Crippen MR) is 112 cm³/mol. The summed E-state index contributed by atoms with van der Waals surface area (Å²) in [6.07, 6.45) is 4.28. The van der Waals surface area contributed by atoms with E-state index in [2.05, 4.69) is 21.8 Å². The van der Waals surface area contributed by atoms with Crippen LogP contribution in [0.3, 0.4) is 0 Å². The Balaban J connectivity index is 1.93. The van der Waals surface area contributed by atoms with Crippen LogP contribution in [0, 0.1) is 11.8 Å². The lowest BCUT2D eigenvalue weighted by Crippen LogP contribution is -2.31. The van der Waals surface area contributed by atoms with Crippen molar-refractivity contribution in [2.75, 3.05) is 43.1 Å². The summed E-state index contributed by atoms with van der Waals surface area (Å²) in [5.41, 5.74) is 0.103. The van der Waals surface area contributed by atoms with Crippen molar-refractivity contribution >= 4 is 28.6 Å². The van der Waals surface area contributed by atoms with Crippen LogP contribution < -0.4 is 9.21 Å². The average Bonchev–Trinajstić information content (AvgIpc) is 3.44. The van der Waals surface area contributed by atoms with Crippen LogP contribution in [0.25, 0.3) is 0 Å². The third-order valence-electron chi connectivity index (χ3n) is 5.07. The number of aromatic nitrogens is 2. The molecule has 1 saturated carbocycles. The maximum atomic E-state index is 12.9. The van der Waals surface area contributed by atoms with Crippen molar-refractivity contribution in [3.05, 3.63) is 42.2 Å². The SMILES string of the molecule is COCCN(CC1CC1C)c1cc(C(=O)O)cc(N(C)S(=O)c2cccnc2)n1. The molecule has 0 radical (unpaired) electrons. The molecule has 0 saturated heterocycles. The van der Waals surface area contributed by atoms with Crippen LogP contribution in [0.5, 0.6) is 0 Å². The lowest BCUT2D eigenvalue weighted by Gasteiger charge is -2.26. The first-order valence-electron chi connectivity index (χ1n) is 9.45. The summed E-state index contributed by atoms with van der Waals surface area (Å²) in [4.78, 5) is 22.9. The van der Waals surface area contributed by atoms with Crippen LogP contribution in [0.1, 0.15) is 23.7 Å². The van der Waals surface area contributed by atoms with Gasteiger partial charge in [-0.15, -0.1) is 0 Å². The summed E-state index contributed by atoms with van der Waals surface area (Å²) in [7, 11) is 1.70. The molecule has 156 valence electrons. The van der Waals surface area contributed by atoms with E-state index in [4.69, 9.17) is 4.74 Å². The van der Waals surface area contributed by atoms with Gasteiger partial charge >= 0.3 is 5.97 Å². The number of carbonyl (C=O) groups is 1. The highest BCUT2D eigenvalue weighted by molar-refractivity contribution is 7.86. The van der Waals surface area contributed by atoms with Gasteiger partial charge in [0.15, 0.2) is 11.0 Å². The van der Waals surface area contributed by atoms with Crippen molar-refractivity contribution < 1.29 is 18.8 Å². The molecule has 3 atom stereocenters. The summed E-state index contributed by atoms with van der Waals surface area (Å²) >= 11 is 0. The van der Waals surface area contributed by atoms with Gasteiger partial charge in [-0.2, -0.15) is 0 Å². The van der Waals surface area contributed by atoms with E-state index in [1.165, 1.54) is 16.6 Å². The molecule has 1 fully saturated rings. The molecule has 8 nitrogen and oxygen atoms in total. The predicted octanol–water partition coefficient (Wildman–Crippen LogP) is 2.44. The van der Waals surface area contributed by atoms with E-state index in [1.807, 2.05) is 0 Å². The molecule has 9 heteroatoms. The molecule has 29 heavy (non-hydrogen) atoms. The second-order valence-corrected chi connectivity index (χ2v) is 8.74. The van der Waals surface area contributed by atoms with Gasteiger partial charge < -0.3 is 14.7 Å². The van der Waals surface area contributed by atoms with Gasteiger partial charge in [-0.3, -0.25) is 9.29 Å². The Morgan fingerprint density at radius 3 is 2.69 bits per heavy atom. The normalized spacial score (nSPS) is 18.9. The zero-order valence-electron chi connectivity index (χ0n) is 16.8. The van der Waals surface area contributed by atoms with Crippen LogP contribution >= 0.6 is 0 Å². The van der Waals surface area contributed by atoms with E-state index in [1.54, 1.807) is 38.6 Å². The fourth-order valence-electron chi connectivity index (χ4n) is 3.08. The first-order chi connectivity index (χ1) is 13.9. The lowest BCUT2D eigenvalue weighted by atomic mass is 10.2. The number of nitrogens with zero attached hydrogens (tertiary/aromatic N) is 4. The zero-order chi connectivity index (χ0) is 21.0. The molecule has 1 N–H and O–H groups in total. The number of rotatable bonds is 10. The van der Waals surface area contributed by atoms with Crippen LogP contribution in [-0.4, -0.2) is 59.1 Å². The molecule has 3 unspecified atom stereocenters. The Morgan fingerprint density at radius 2 is 2.10 bits per heavy atom. The van der Waals surface area contributed by atoms with E-state index >= 15 is 0 Å². The number of anilines is 2. The molecule has 0 amide bonds. The van der Waals surface area contributed by atoms with Crippen molar-refractivity contribution in [3.63, 3.8) is 0 Å². The average molecular weight is 419 g/mol. The largest absolute Gasteiger partial charge is 0.478 e. The number of hydrogen-bond acceptors (Lipinski definition) is 6. The van der Waals surface area contributed by atoms with Crippen molar-refractivity contribution in [1.82, 2.24) is 9.97 Å². The number of pyridine rings is 2. The molecule has 1 aliphatic rings. The van der Waals surface area contributed by atoms with E-state index in [0.717, 1.165) is 13.0 Å². The fourth-order valence-corrected chi connectivity index (χ4v) is 4.01. The number of methoxy groups -OCH3 is 1. The number of ether oxygens (including phenoxy) is 1. The van der Waals surface area contributed by atoms with E-state index in [0.29, 0.717) is 41.5 Å². The van der Waals surface area contributed by atoms with Gasteiger partial charge in [-0.25, -0.2) is 14.0 Å². The maximum Gasteiger partial charge on any atom is 0.335 e. The fraction of sp³-hybridized carbons (Fsp3) is 0.450. The smallest absolute Gasteiger partial charge is 0.335 e. The maximum absolute atomic E-state index is 12.9. The first kappa shape index (κ1) is 21.2. The molecule has 0 aliphatic heterocycles. The lowest BCUT2D eigenvalue weighted by molar-refractivity contribution is 0.0697. The minimum atomic E-state index is -1.56. The summed E-state index contributed by atoms with van der Waals surface area (Å²) in [6, 6.07) is 6.42. The topological polar surface area (TPSA) is 95.9 Å². The molecular weight excluding hydrogens is 392 g/mol. The Kier molecular flexibility index (Phi) is 6.81. The number of aromatic carboxylic acids is 1. The molecule has 2 aromatic heterocycles. The third-order valence-corrected chi connectivity index (χ3v) is 6.40. The molecule has 1 aliphatic carbocycles. The molecule has 2 aromatic rings. The highest BCUT2D eigenvalue weighted by Gasteiger charge is 2.34. The van der Waals surface area contributed by atoms with Crippen LogP contribution in [0.2, 0.25) is 0 Å². The molecule has 2 heterocycles. The van der Waals surface area contributed by atoms with Gasteiger partial charge in [-0.05, 0) is 42.5 Å². The Morgan fingerprint density at radius 1 is 1.38 bits per heavy atom. The minimum absolute atomic E-state index is 0.103. The quantitative estimate of drug-likeness (QED) is 0.633. The zero-order valence-corrected chi connectivity index (χ0v) is 17.6. The van der Waals surface area contributed by atoms with Gasteiger partial charge in [0.25, 0.3) is 0 Å². The van der Waals surface area contributed by atoms with Gasteiger partial charge in [0.1, 0.15) is 11.6 Å². The molecular formula is C20H26N4O4S. The number of hydrogen-bond donors (Lipinski definition) is 1. The van der Waals surface area contributed by atoms with Crippen LogP contribution in [-0.2, 0) is 15.7 Å². The first-order valence-corrected chi connectivity index (χ1v) is 10.6. The number of carboxylic acid groups (broad SMARTS) is 1. The molecule has 0 spiro atoms. The second-order valence-electron chi connectivity index (χ2n) is 7.22. The third kappa shape index (κ3) is 5.30. The Labute approximate surface area is 173 Å².